The van der Waals surface area contributed by atoms with Gasteiger partial charge >= 0.3 is 0 Å². The van der Waals surface area contributed by atoms with E-state index < -0.39 is 10.0 Å². The molecule has 1 fully saturated rings. The Morgan fingerprint density at radius 2 is 1.66 bits per heavy atom. The zero-order chi connectivity index (χ0) is 24.3. The van der Waals surface area contributed by atoms with Crippen LogP contribution in [0.1, 0.15) is 12.8 Å². The zero-order valence-electron chi connectivity index (χ0n) is 19.6. The van der Waals surface area contributed by atoms with Crippen molar-refractivity contribution in [2.45, 2.75) is 17.7 Å². The molecule has 0 saturated carbocycles. The highest BCUT2D eigenvalue weighted by Gasteiger charge is 2.23. The van der Waals surface area contributed by atoms with E-state index in [1.165, 1.54) is 0 Å². The molecule has 2 heterocycles. The maximum absolute atomic E-state index is 12.7. The van der Waals surface area contributed by atoms with Crippen molar-refractivity contribution in [3.63, 3.8) is 0 Å². The van der Waals surface area contributed by atoms with E-state index in [0.717, 1.165) is 73.5 Å². The van der Waals surface area contributed by atoms with Crippen LogP contribution in [0.15, 0.2) is 59.5 Å². The number of benzene rings is 3. The van der Waals surface area contributed by atoms with Gasteiger partial charge in [-0.3, -0.25) is 4.90 Å². The zero-order valence-corrected chi connectivity index (χ0v) is 21.2. The molecule has 186 valence electrons. The van der Waals surface area contributed by atoms with E-state index in [0.29, 0.717) is 24.8 Å². The van der Waals surface area contributed by atoms with E-state index in [-0.39, 0.29) is 4.90 Å². The van der Waals surface area contributed by atoms with Crippen LogP contribution in [0, 0.1) is 0 Å². The Morgan fingerprint density at radius 3 is 2.51 bits per heavy atom. The van der Waals surface area contributed by atoms with E-state index in [1.54, 1.807) is 24.3 Å². The predicted octanol–water partition coefficient (Wildman–Crippen LogP) is 4.15. The first kappa shape index (κ1) is 24.2. The SMILES string of the molecule is O=S(=O)(NCCCCN1CCN(c2cccc3c2OCCO3)CC1)c1ccc2cc(Cl)ccc2c1. The van der Waals surface area contributed by atoms with Gasteiger partial charge in [-0.05, 0) is 66.6 Å². The van der Waals surface area contributed by atoms with Crippen molar-refractivity contribution in [2.24, 2.45) is 0 Å². The summed E-state index contributed by atoms with van der Waals surface area (Å²) in [6.45, 7) is 6.36. The fourth-order valence-electron chi connectivity index (χ4n) is 4.63. The number of fused-ring (bicyclic) bond motifs is 2. The number of sulfonamides is 1. The van der Waals surface area contributed by atoms with Crippen LogP contribution in [0.25, 0.3) is 10.8 Å². The summed E-state index contributed by atoms with van der Waals surface area (Å²) in [6.07, 6.45) is 1.73. The van der Waals surface area contributed by atoms with Crippen LogP contribution in [0.3, 0.4) is 0 Å². The van der Waals surface area contributed by atoms with Gasteiger partial charge in [0.15, 0.2) is 11.5 Å². The second-order valence-electron chi connectivity index (χ2n) is 8.89. The van der Waals surface area contributed by atoms with Gasteiger partial charge in [-0.15, -0.1) is 0 Å². The second-order valence-corrected chi connectivity index (χ2v) is 11.1. The van der Waals surface area contributed by atoms with Crippen LogP contribution in [-0.2, 0) is 10.0 Å². The van der Waals surface area contributed by atoms with Gasteiger partial charge in [-0.2, -0.15) is 0 Å². The quantitative estimate of drug-likeness (QED) is 0.455. The number of nitrogens with zero attached hydrogens (tertiary/aromatic N) is 2. The number of hydrogen-bond acceptors (Lipinski definition) is 6. The molecule has 2 aliphatic rings. The lowest BCUT2D eigenvalue weighted by molar-refractivity contribution is 0.171. The van der Waals surface area contributed by atoms with Crippen LogP contribution in [-0.4, -0.2) is 65.8 Å². The van der Waals surface area contributed by atoms with E-state index in [2.05, 4.69) is 20.6 Å². The number of halogens is 1. The van der Waals surface area contributed by atoms with Crippen molar-refractivity contribution < 1.29 is 17.9 Å². The van der Waals surface area contributed by atoms with Crippen molar-refractivity contribution in [3.05, 3.63) is 59.6 Å². The molecule has 1 saturated heterocycles. The van der Waals surface area contributed by atoms with Crippen molar-refractivity contribution in [1.82, 2.24) is 9.62 Å². The number of hydrogen-bond donors (Lipinski definition) is 1. The molecule has 3 aromatic rings. The molecule has 35 heavy (non-hydrogen) atoms. The summed E-state index contributed by atoms with van der Waals surface area (Å²) >= 11 is 6.02. The summed E-state index contributed by atoms with van der Waals surface area (Å²) in [5.41, 5.74) is 1.10. The summed E-state index contributed by atoms with van der Waals surface area (Å²) in [5, 5.41) is 2.41. The summed E-state index contributed by atoms with van der Waals surface area (Å²) in [4.78, 5) is 5.07. The Kier molecular flexibility index (Phi) is 7.34. The third-order valence-corrected chi connectivity index (χ3v) is 8.23. The first-order chi connectivity index (χ1) is 17.0. The molecule has 0 bridgehead atoms. The molecule has 0 aromatic heterocycles. The molecular formula is C26H30ClN3O4S. The lowest BCUT2D eigenvalue weighted by Crippen LogP contribution is -2.46. The van der Waals surface area contributed by atoms with Gasteiger partial charge in [0.05, 0.1) is 10.6 Å². The third kappa shape index (κ3) is 5.67. The van der Waals surface area contributed by atoms with Crippen molar-refractivity contribution in [3.8, 4) is 11.5 Å². The van der Waals surface area contributed by atoms with Gasteiger partial charge in [0, 0.05) is 37.7 Å². The van der Waals surface area contributed by atoms with Gasteiger partial charge in [-0.1, -0.05) is 29.8 Å². The fraction of sp³-hybridized carbons (Fsp3) is 0.385. The molecule has 7 nitrogen and oxygen atoms in total. The van der Waals surface area contributed by atoms with Crippen molar-refractivity contribution in [1.29, 1.82) is 0 Å². The van der Waals surface area contributed by atoms with Gasteiger partial charge < -0.3 is 14.4 Å². The minimum Gasteiger partial charge on any atom is -0.486 e. The molecule has 3 aromatic carbocycles. The van der Waals surface area contributed by atoms with Gasteiger partial charge in [0.1, 0.15) is 13.2 Å². The number of rotatable bonds is 8. The van der Waals surface area contributed by atoms with Crippen molar-refractivity contribution in [2.75, 3.05) is 57.4 Å². The lowest BCUT2D eigenvalue weighted by atomic mass is 10.1. The molecule has 0 aliphatic carbocycles. The van der Waals surface area contributed by atoms with E-state index in [1.807, 2.05) is 24.3 Å². The Hall–Kier alpha value is -2.52. The molecule has 9 heteroatoms. The highest BCUT2D eigenvalue weighted by molar-refractivity contribution is 7.89. The van der Waals surface area contributed by atoms with Gasteiger partial charge in [0.2, 0.25) is 10.0 Å². The Morgan fingerprint density at radius 1 is 0.886 bits per heavy atom. The minimum absolute atomic E-state index is 0.279. The lowest BCUT2D eigenvalue weighted by Gasteiger charge is -2.37. The van der Waals surface area contributed by atoms with Crippen LogP contribution < -0.4 is 19.1 Å². The second kappa shape index (κ2) is 10.6. The van der Waals surface area contributed by atoms with E-state index in [4.69, 9.17) is 21.1 Å². The molecular weight excluding hydrogens is 486 g/mol. The predicted molar refractivity (Wildman–Crippen MR) is 139 cm³/mol. The first-order valence-electron chi connectivity index (χ1n) is 12.0. The Labute approximate surface area is 211 Å². The monoisotopic (exact) mass is 515 g/mol. The average Bonchev–Trinajstić information content (AvgIpc) is 2.88. The number of unbranched alkanes of at least 4 members (excludes halogenated alkanes) is 1. The molecule has 1 N–H and O–H groups in total. The number of ether oxygens (including phenoxy) is 2. The van der Waals surface area contributed by atoms with Crippen LogP contribution in [0.4, 0.5) is 5.69 Å². The molecule has 0 unspecified atom stereocenters. The number of anilines is 1. The van der Waals surface area contributed by atoms with Crippen LogP contribution >= 0.6 is 11.6 Å². The fourth-order valence-corrected chi connectivity index (χ4v) is 5.92. The summed E-state index contributed by atoms with van der Waals surface area (Å²) in [5.74, 6) is 1.68. The molecule has 2 aliphatic heterocycles. The normalized spacial score (nSPS) is 16.5. The Bertz CT molecular complexity index is 1290. The van der Waals surface area contributed by atoms with Crippen molar-refractivity contribution >= 4 is 38.1 Å². The maximum Gasteiger partial charge on any atom is 0.240 e. The number of para-hydroxylation sites is 1. The molecule has 5 rings (SSSR count). The molecule has 0 radical (unpaired) electrons. The summed E-state index contributed by atoms with van der Waals surface area (Å²) in [6, 6.07) is 16.6. The highest BCUT2D eigenvalue weighted by Crippen LogP contribution is 2.39. The average molecular weight is 516 g/mol. The third-order valence-electron chi connectivity index (χ3n) is 6.54. The highest BCUT2D eigenvalue weighted by atomic mass is 35.5. The molecule has 0 spiro atoms. The standard InChI is InChI=1S/C26H30ClN3O4S/c27-22-8-6-21-19-23(9-7-20(21)18-22)35(31,32)28-10-1-2-11-29-12-14-30(15-13-29)24-4-3-5-25-26(24)34-17-16-33-25/h3-9,18-19,28H,1-2,10-17H2. The summed E-state index contributed by atoms with van der Waals surface area (Å²) in [7, 11) is -3.54. The van der Waals surface area contributed by atoms with Gasteiger partial charge in [0.25, 0.3) is 0 Å². The maximum atomic E-state index is 12.7. The minimum atomic E-state index is -3.54. The number of piperazine rings is 1. The van der Waals surface area contributed by atoms with E-state index >= 15 is 0 Å². The van der Waals surface area contributed by atoms with Crippen LogP contribution in [0.5, 0.6) is 11.5 Å². The topological polar surface area (TPSA) is 71.1 Å². The van der Waals surface area contributed by atoms with Gasteiger partial charge in [-0.25, -0.2) is 13.1 Å². The first-order valence-corrected chi connectivity index (χ1v) is 13.9. The number of nitrogens with one attached hydrogen (secondary N) is 1. The largest absolute Gasteiger partial charge is 0.486 e. The van der Waals surface area contributed by atoms with E-state index in [9.17, 15) is 8.42 Å². The smallest absolute Gasteiger partial charge is 0.240 e. The molecule has 0 amide bonds. The molecule has 0 atom stereocenters. The summed E-state index contributed by atoms with van der Waals surface area (Å²) < 4.78 is 39.7. The Balaban J connectivity index is 1.06. The van der Waals surface area contributed by atoms with Crippen LogP contribution in [0.2, 0.25) is 5.02 Å².